The van der Waals surface area contributed by atoms with E-state index in [0.717, 1.165) is 18.4 Å². The normalized spacial score (nSPS) is 30.8. The average molecular weight is 225 g/mol. The Bertz CT molecular complexity index is 201. The van der Waals surface area contributed by atoms with Crippen molar-refractivity contribution in [3.05, 3.63) is 0 Å². The van der Waals surface area contributed by atoms with Crippen LogP contribution in [0.15, 0.2) is 0 Å². The first-order valence-corrected chi connectivity index (χ1v) is 6.90. The summed E-state index contributed by atoms with van der Waals surface area (Å²) in [6, 6.07) is 0. The molecule has 2 fully saturated rings. The van der Waals surface area contributed by atoms with Crippen molar-refractivity contribution in [2.75, 3.05) is 46.3 Å². The smallest absolute Gasteiger partial charge is 0.00249 e. The zero-order chi connectivity index (χ0) is 11.4. The van der Waals surface area contributed by atoms with Gasteiger partial charge in [0.25, 0.3) is 0 Å². The van der Waals surface area contributed by atoms with Crippen LogP contribution in [-0.2, 0) is 0 Å². The van der Waals surface area contributed by atoms with Gasteiger partial charge in [0.05, 0.1) is 0 Å². The highest BCUT2D eigenvalue weighted by Gasteiger charge is 2.28. The molecule has 0 aromatic heterocycles. The van der Waals surface area contributed by atoms with Crippen LogP contribution in [0.4, 0.5) is 0 Å². The summed E-state index contributed by atoms with van der Waals surface area (Å²) in [6.45, 7) is 7.25. The second-order valence-corrected chi connectivity index (χ2v) is 5.67. The molecule has 0 aromatic carbocycles. The van der Waals surface area contributed by atoms with E-state index < -0.39 is 0 Å². The van der Waals surface area contributed by atoms with E-state index in [1.807, 2.05) is 0 Å². The predicted molar refractivity (Wildman–Crippen MR) is 68.4 cm³/mol. The first-order valence-electron chi connectivity index (χ1n) is 6.90. The minimum Gasteiger partial charge on any atom is -0.330 e. The van der Waals surface area contributed by atoms with Crippen molar-refractivity contribution in [3.8, 4) is 0 Å². The molecule has 0 saturated carbocycles. The maximum absolute atomic E-state index is 5.97. The summed E-state index contributed by atoms with van der Waals surface area (Å²) in [4.78, 5) is 5.09. The van der Waals surface area contributed by atoms with Crippen LogP contribution in [0, 0.1) is 11.8 Å². The van der Waals surface area contributed by atoms with Gasteiger partial charge in [0.2, 0.25) is 0 Å². The second-order valence-electron chi connectivity index (χ2n) is 5.67. The van der Waals surface area contributed by atoms with Gasteiger partial charge in [-0.1, -0.05) is 6.42 Å². The third-order valence-electron chi connectivity index (χ3n) is 4.34. The third-order valence-corrected chi connectivity index (χ3v) is 4.34. The van der Waals surface area contributed by atoms with E-state index in [0.29, 0.717) is 0 Å². The fourth-order valence-electron chi connectivity index (χ4n) is 3.24. The Hall–Kier alpha value is -0.120. The maximum atomic E-state index is 5.97. The average Bonchev–Trinajstić information content (AvgIpc) is 2.74. The van der Waals surface area contributed by atoms with Gasteiger partial charge in [-0.05, 0) is 64.3 Å². The van der Waals surface area contributed by atoms with Crippen molar-refractivity contribution in [1.29, 1.82) is 0 Å². The molecule has 2 rings (SSSR count). The third kappa shape index (κ3) is 3.19. The summed E-state index contributed by atoms with van der Waals surface area (Å²) in [5, 5.41) is 0. The summed E-state index contributed by atoms with van der Waals surface area (Å²) in [5.74, 6) is 1.57. The molecule has 3 nitrogen and oxygen atoms in total. The molecule has 2 atom stereocenters. The van der Waals surface area contributed by atoms with E-state index in [9.17, 15) is 0 Å². The van der Waals surface area contributed by atoms with Gasteiger partial charge in [-0.3, -0.25) is 0 Å². The first-order chi connectivity index (χ1) is 7.79. The molecule has 2 aliphatic rings. The molecule has 2 saturated heterocycles. The Morgan fingerprint density at radius 3 is 2.50 bits per heavy atom. The van der Waals surface area contributed by atoms with Crippen LogP contribution < -0.4 is 5.73 Å². The van der Waals surface area contributed by atoms with Gasteiger partial charge in [-0.2, -0.15) is 0 Å². The van der Waals surface area contributed by atoms with Crippen LogP contribution in [0.3, 0.4) is 0 Å². The zero-order valence-corrected chi connectivity index (χ0v) is 10.7. The highest BCUT2D eigenvalue weighted by atomic mass is 15.1. The first kappa shape index (κ1) is 12.3. The topological polar surface area (TPSA) is 32.5 Å². The van der Waals surface area contributed by atoms with Gasteiger partial charge in [0.1, 0.15) is 0 Å². The summed E-state index contributed by atoms with van der Waals surface area (Å²) >= 11 is 0. The van der Waals surface area contributed by atoms with Crippen LogP contribution in [0.1, 0.15) is 25.7 Å². The van der Waals surface area contributed by atoms with E-state index >= 15 is 0 Å². The Morgan fingerprint density at radius 2 is 1.94 bits per heavy atom. The van der Waals surface area contributed by atoms with E-state index in [4.69, 9.17) is 5.73 Å². The number of hydrogen-bond donors (Lipinski definition) is 1. The number of piperidine rings is 1. The zero-order valence-electron chi connectivity index (χ0n) is 10.7. The molecule has 2 N–H and O–H groups in total. The van der Waals surface area contributed by atoms with Crippen molar-refractivity contribution in [2.45, 2.75) is 25.7 Å². The molecule has 0 bridgehead atoms. The van der Waals surface area contributed by atoms with E-state index in [1.54, 1.807) is 0 Å². The standard InChI is InChI=1S/C13H27N3/c1-15-8-5-12(10-15)13(9-14)11-16-6-3-2-4-7-16/h12-13H,2-11,14H2,1H3. The molecule has 0 aliphatic carbocycles. The lowest BCUT2D eigenvalue weighted by Gasteiger charge is -2.32. The minimum atomic E-state index is 0.725. The molecule has 94 valence electrons. The van der Waals surface area contributed by atoms with Gasteiger partial charge in [-0.25, -0.2) is 0 Å². The van der Waals surface area contributed by atoms with E-state index in [-0.39, 0.29) is 0 Å². The molecule has 0 radical (unpaired) electrons. The SMILES string of the molecule is CN1CCC(C(CN)CN2CCCCC2)C1. The Labute approximate surface area is 100.0 Å². The lowest BCUT2D eigenvalue weighted by atomic mass is 9.90. The molecular formula is C13H27N3. The fourth-order valence-corrected chi connectivity index (χ4v) is 3.24. The summed E-state index contributed by atoms with van der Waals surface area (Å²) in [7, 11) is 2.23. The Balaban J connectivity index is 1.80. The van der Waals surface area contributed by atoms with Crippen molar-refractivity contribution < 1.29 is 0 Å². The highest BCUT2D eigenvalue weighted by molar-refractivity contribution is 4.82. The van der Waals surface area contributed by atoms with Gasteiger partial charge >= 0.3 is 0 Å². The summed E-state index contributed by atoms with van der Waals surface area (Å²) in [5.41, 5.74) is 5.97. The van der Waals surface area contributed by atoms with Gasteiger partial charge in [0.15, 0.2) is 0 Å². The Morgan fingerprint density at radius 1 is 1.19 bits per heavy atom. The lowest BCUT2D eigenvalue weighted by Crippen LogP contribution is -2.40. The highest BCUT2D eigenvalue weighted by Crippen LogP contribution is 2.24. The van der Waals surface area contributed by atoms with Crippen molar-refractivity contribution >= 4 is 0 Å². The summed E-state index contributed by atoms with van der Waals surface area (Å²) in [6.07, 6.45) is 5.56. The number of rotatable bonds is 4. The Kier molecular flexibility index (Phi) is 4.62. The van der Waals surface area contributed by atoms with Crippen LogP contribution in [0.5, 0.6) is 0 Å². The fraction of sp³-hybridized carbons (Fsp3) is 1.00. The molecular weight excluding hydrogens is 198 g/mol. The van der Waals surface area contributed by atoms with E-state index in [1.165, 1.54) is 58.4 Å². The minimum absolute atomic E-state index is 0.725. The second kappa shape index (κ2) is 5.99. The largest absolute Gasteiger partial charge is 0.330 e. The molecule has 3 heteroatoms. The molecule has 0 aromatic rings. The van der Waals surface area contributed by atoms with Crippen molar-refractivity contribution in [2.24, 2.45) is 17.6 Å². The molecule has 2 aliphatic heterocycles. The quantitative estimate of drug-likeness (QED) is 0.775. The molecule has 16 heavy (non-hydrogen) atoms. The van der Waals surface area contributed by atoms with Gasteiger partial charge < -0.3 is 15.5 Å². The maximum Gasteiger partial charge on any atom is 0.00249 e. The molecule has 2 heterocycles. The molecule has 0 amide bonds. The monoisotopic (exact) mass is 225 g/mol. The molecule has 2 unspecified atom stereocenters. The number of likely N-dealkylation sites (tertiary alicyclic amines) is 2. The van der Waals surface area contributed by atoms with Crippen LogP contribution in [-0.4, -0.2) is 56.1 Å². The van der Waals surface area contributed by atoms with Gasteiger partial charge in [0, 0.05) is 13.1 Å². The lowest BCUT2D eigenvalue weighted by molar-refractivity contribution is 0.168. The van der Waals surface area contributed by atoms with Crippen LogP contribution >= 0.6 is 0 Å². The van der Waals surface area contributed by atoms with Crippen molar-refractivity contribution in [3.63, 3.8) is 0 Å². The number of nitrogens with zero attached hydrogens (tertiary/aromatic N) is 2. The van der Waals surface area contributed by atoms with E-state index in [2.05, 4.69) is 16.8 Å². The number of hydrogen-bond acceptors (Lipinski definition) is 3. The number of nitrogens with two attached hydrogens (primary N) is 1. The van der Waals surface area contributed by atoms with Crippen LogP contribution in [0.25, 0.3) is 0 Å². The molecule has 0 spiro atoms. The van der Waals surface area contributed by atoms with Crippen molar-refractivity contribution in [1.82, 2.24) is 9.80 Å². The van der Waals surface area contributed by atoms with Crippen LogP contribution in [0.2, 0.25) is 0 Å². The summed E-state index contributed by atoms with van der Waals surface area (Å²) < 4.78 is 0. The predicted octanol–water partition coefficient (Wildman–Crippen LogP) is 0.999. The van der Waals surface area contributed by atoms with Gasteiger partial charge in [-0.15, -0.1) is 0 Å².